The second kappa shape index (κ2) is 7.09. The zero-order valence-electron chi connectivity index (χ0n) is 16.9. The molecular weight excluding hydrogens is 469 g/mol. The van der Waals surface area contributed by atoms with Crippen LogP contribution in [0.15, 0.2) is 41.3 Å². The van der Waals surface area contributed by atoms with E-state index in [1.807, 2.05) is 4.90 Å². The van der Waals surface area contributed by atoms with E-state index in [4.69, 9.17) is 5.11 Å². The molecule has 4 rings (SSSR count). The molecule has 3 aromatic rings. The average molecular weight is 487 g/mol. The highest BCUT2D eigenvalue weighted by molar-refractivity contribution is 8.45. The highest BCUT2D eigenvalue weighted by Gasteiger charge is 2.65. The van der Waals surface area contributed by atoms with Gasteiger partial charge in [-0.15, -0.1) is 10.2 Å². The van der Waals surface area contributed by atoms with Crippen LogP contribution in [0.3, 0.4) is 0 Å². The number of nitrogens with zero attached hydrogens (tertiary/aromatic N) is 6. The van der Waals surface area contributed by atoms with Crippen LogP contribution in [-0.2, 0) is 12.0 Å². The van der Waals surface area contributed by atoms with E-state index in [0.717, 1.165) is 12.1 Å². The van der Waals surface area contributed by atoms with Gasteiger partial charge >= 0.3 is 10.2 Å². The van der Waals surface area contributed by atoms with Crippen molar-refractivity contribution in [2.75, 3.05) is 18.0 Å². The van der Waals surface area contributed by atoms with Gasteiger partial charge in [0.15, 0.2) is 17.5 Å². The van der Waals surface area contributed by atoms with E-state index in [1.54, 1.807) is 12.1 Å². The van der Waals surface area contributed by atoms with Gasteiger partial charge in [-0.05, 0) is 42.7 Å². The van der Waals surface area contributed by atoms with Gasteiger partial charge in [0.2, 0.25) is 0 Å². The summed E-state index contributed by atoms with van der Waals surface area (Å²) in [6.45, 7) is 0.406. The maximum absolute atomic E-state index is 13.0. The smallest absolute Gasteiger partial charge is 0.310 e. The molecule has 8 nitrogen and oxygen atoms in total. The molecule has 0 atom stereocenters. The Hall–Kier alpha value is -3.31. The number of nitrogens with one attached hydrogen (secondary N) is 1. The van der Waals surface area contributed by atoms with Crippen LogP contribution in [0.1, 0.15) is 24.2 Å². The summed E-state index contributed by atoms with van der Waals surface area (Å²) in [7, 11) is -9.77. The van der Waals surface area contributed by atoms with E-state index in [-0.39, 0.29) is 30.8 Å². The first kappa shape index (κ1) is 22.9. The number of H-pyrrole nitrogens is 1. The summed E-state index contributed by atoms with van der Waals surface area (Å²) in [6, 6.07) is 8.13. The molecule has 0 aliphatic carbocycles. The Labute approximate surface area is 184 Å². The second-order valence-electron chi connectivity index (χ2n) is 7.71. The lowest BCUT2D eigenvalue weighted by atomic mass is 9.74. The number of rotatable bonds is 5. The molecule has 2 N–H and O–H groups in total. The van der Waals surface area contributed by atoms with Crippen LogP contribution < -0.4 is 4.90 Å². The summed E-state index contributed by atoms with van der Waals surface area (Å²) < 4.78 is 64.9. The molecule has 0 unspecified atom stereocenters. The summed E-state index contributed by atoms with van der Waals surface area (Å²) in [4.78, 5) is 3.95. The number of aromatic amines is 1. The number of aliphatic hydroxyl groups is 1. The summed E-state index contributed by atoms with van der Waals surface area (Å²) in [5.41, 5.74) is -0.416. The Kier molecular flexibility index (Phi) is 4.92. The topological polar surface area (TPSA) is 115 Å². The van der Waals surface area contributed by atoms with E-state index >= 15 is 0 Å². The fourth-order valence-corrected chi connectivity index (χ4v) is 4.37. The van der Waals surface area contributed by atoms with Crippen molar-refractivity contribution in [1.29, 1.82) is 5.26 Å². The first-order chi connectivity index (χ1) is 15.3. The van der Waals surface area contributed by atoms with Crippen LogP contribution >= 0.6 is 10.2 Å². The molecular formula is C19H18F5N7OS. The molecule has 1 fully saturated rings. The number of benzene rings is 1. The third-order valence-corrected chi connectivity index (χ3v) is 6.74. The molecule has 176 valence electrons. The number of aromatic nitrogens is 5. The van der Waals surface area contributed by atoms with Crippen molar-refractivity contribution in [1.82, 2.24) is 25.4 Å². The molecule has 1 aliphatic heterocycles. The minimum absolute atomic E-state index is 0.216. The molecule has 0 spiro atoms. The second-order valence-corrected chi connectivity index (χ2v) is 10.1. The van der Waals surface area contributed by atoms with Crippen LogP contribution in [-0.4, -0.2) is 43.6 Å². The van der Waals surface area contributed by atoms with Crippen molar-refractivity contribution >= 4 is 16.0 Å². The highest BCUT2D eigenvalue weighted by atomic mass is 32.5. The summed E-state index contributed by atoms with van der Waals surface area (Å²) in [6.07, 6.45) is 0.537. The van der Waals surface area contributed by atoms with Crippen LogP contribution in [0.4, 0.5) is 25.2 Å². The fraction of sp³-hybridized carbons (Fsp3) is 0.316. The number of aliphatic hydroxyl groups excluding tert-OH is 1. The first-order valence-electron chi connectivity index (χ1n) is 9.71. The Morgan fingerprint density at radius 2 is 1.70 bits per heavy atom. The van der Waals surface area contributed by atoms with Crippen molar-refractivity contribution in [2.24, 2.45) is 0 Å². The SMILES string of the molecule is N#CC1(c2ccc(S(F)(F)(F)(F)F)cc2)CCN(c2ccc(-c3nc(CO)n[nH]3)nn2)CC1. The molecule has 0 saturated carbocycles. The van der Waals surface area contributed by atoms with Gasteiger partial charge < -0.3 is 10.0 Å². The largest absolute Gasteiger partial charge is 0.388 e. The van der Waals surface area contributed by atoms with Gasteiger partial charge in [0.05, 0.1) is 11.5 Å². The van der Waals surface area contributed by atoms with E-state index in [9.17, 15) is 24.7 Å². The predicted molar refractivity (Wildman–Crippen MR) is 110 cm³/mol. The van der Waals surface area contributed by atoms with Crippen molar-refractivity contribution < 1.29 is 24.5 Å². The highest BCUT2D eigenvalue weighted by Crippen LogP contribution is 3.02. The lowest BCUT2D eigenvalue weighted by Gasteiger charge is -2.41. The number of hydrogen-bond acceptors (Lipinski definition) is 7. The van der Waals surface area contributed by atoms with Gasteiger partial charge in [0.25, 0.3) is 0 Å². The van der Waals surface area contributed by atoms with Gasteiger partial charge in [-0.2, -0.15) is 10.4 Å². The normalized spacial score (nSPS) is 18.3. The Morgan fingerprint density at radius 3 is 2.18 bits per heavy atom. The van der Waals surface area contributed by atoms with Gasteiger partial charge in [-0.3, -0.25) is 5.10 Å². The molecule has 1 aromatic carbocycles. The van der Waals surface area contributed by atoms with E-state index in [1.165, 1.54) is 0 Å². The number of halogens is 5. The average Bonchev–Trinajstić information content (AvgIpc) is 3.27. The van der Waals surface area contributed by atoms with Gasteiger partial charge in [0.1, 0.15) is 17.2 Å². The summed E-state index contributed by atoms with van der Waals surface area (Å²) in [5, 5.41) is 33.5. The molecule has 1 saturated heterocycles. The molecule has 0 bridgehead atoms. The molecule has 33 heavy (non-hydrogen) atoms. The molecule has 0 amide bonds. The predicted octanol–water partition coefficient (Wildman–Crippen LogP) is 4.47. The van der Waals surface area contributed by atoms with Gasteiger partial charge in [-0.25, -0.2) is 4.98 Å². The number of hydrogen-bond donors (Lipinski definition) is 2. The van der Waals surface area contributed by atoms with Crippen molar-refractivity contribution in [3.8, 4) is 17.6 Å². The zero-order chi connectivity index (χ0) is 24.0. The third-order valence-electron chi connectivity index (χ3n) is 5.57. The minimum atomic E-state index is -9.77. The molecule has 14 heteroatoms. The van der Waals surface area contributed by atoms with Gasteiger partial charge in [-0.1, -0.05) is 31.6 Å². The van der Waals surface area contributed by atoms with E-state index < -0.39 is 20.5 Å². The Bertz CT molecular complexity index is 1200. The monoisotopic (exact) mass is 487 g/mol. The van der Waals surface area contributed by atoms with Crippen LogP contribution in [0.5, 0.6) is 0 Å². The standard InChI is InChI=1S/C19H18F5N7OS/c20-33(21,22,23,24)14-3-1-13(2-4-14)19(12-25)7-9-31(10-8-19)17-6-5-15(27-29-17)18-26-16(11-32)28-30-18/h1-6,32H,7-11H2,(H,26,28,30). The van der Waals surface area contributed by atoms with E-state index in [0.29, 0.717) is 42.6 Å². The summed E-state index contributed by atoms with van der Waals surface area (Å²) in [5.74, 6) is 1.09. The number of anilines is 1. The van der Waals surface area contributed by atoms with Crippen LogP contribution in [0.2, 0.25) is 0 Å². The maximum Gasteiger partial charge on any atom is 0.310 e. The maximum atomic E-state index is 13.0. The Morgan fingerprint density at radius 1 is 1.03 bits per heavy atom. The lowest BCUT2D eigenvalue weighted by molar-refractivity contribution is 0.272. The van der Waals surface area contributed by atoms with Crippen LogP contribution in [0.25, 0.3) is 11.5 Å². The number of piperidine rings is 1. The molecule has 0 radical (unpaired) electrons. The van der Waals surface area contributed by atoms with Crippen molar-refractivity contribution in [3.05, 3.63) is 47.8 Å². The Balaban J connectivity index is 1.48. The number of nitriles is 1. The molecule has 1 aliphatic rings. The minimum Gasteiger partial charge on any atom is -0.388 e. The van der Waals surface area contributed by atoms with E-state index in [2.05, 4.69) is 31.4 Å². The van der Waals surface area contributed by atoms with Crippen LogP contribution in [0, 0.1) is 11.3 Å². The lowest BCUT2D eigenvalue weighted by Crippen LogP contribution is -2.42. The summed E-state index contributed by atoms with van der Waals surface area (Å²) >= 11 is 0. The van der Waals surface area contributed by atoms with Crippen molar-refractivity contribution in [3.63, 3.8) is 0 Å². The third kappa shape index (κ3) is 4.60. The zero-order valence-corrected chi connectivity index (χ0v) is 17.7. The molecule has 2 aromatic heterocycles. The fourth-order valence-electron chi connectivity index (χ4n) is 3.72. The quantitative estimate of drug-likeness (QED) is 0.510. The first-order valence-corrected chi connectivity index (χ1v) is 11.7. The van der Waals surface area contributed by atoms with Gasteiger partial charge in [0, 0.05) is 13.1 Å². The molecule has 3 heterocycles. The van der Waals surface area contributed by atoms with Crippen molar-refractivity contribution in [2.45, 2.75) is 29.8 Å².